The molecule has 0 radical (unpaired) electrons. The van der Waals surface area contributed by atoms with Crippen LogP contribution in [0.25, 0.3) is 0 Å². The largest absolute Gasteiger partial charge is 0.494 e. The maximum absolute atomic E-state index is 12.7. The molecule has 0 aromatic heterocycles. The van der Waals surface area contributed by atoms with E-state index in [2.05, 4.69) is 10.6 Å². The van der Waals surface area contributed by atoms with Crippen molar-refractivity contribution in [3.05, 3.63) is 59.7 Å². The molecule has 7 heteroatoms. The predicted octanol–water partition coefficient (Wildman–Crippen LogP) is 2.80. The zero-order valence-corrected chi connectivity index (χ0v) is 19.3. The number of benzene rings is 2. The van der Waals surface area contributed by atoms with Crippen LogP contribution in [0.4, 0.5) is 0 Å². The highest BCUT2D eigenvalue weighted by Gasteiger charge is 2.33. The van der Waals surface area contributed by atoms with E-state index in [4.69, 9.17) is 14.2 Å². The summed E-state index contributed by atoms with van der Waals surface area (Å²) in [5, 5.41) is 5.78. The summed E-state index contributed by atoms with van der Waals surface area (Å²) < 4.78 is 16.7. The first-order valence-corrected chi connectivity index (χ1v) is 12.3. The maximum Gasteiger partial charge on any atom is 0.243 e. The normalized spacial score (nSPS) is 23.7. The van der Waals surface area contributed by atoms with Crippen molar-refractivity contribution in [2.24, 2.45) is 5.92 Å². The Morgan fingerprint density at radius 1 is 0.735 bits per heavy atom. The van der Waals surface area contributed by atoms with E-state index in [-0.39, 0.29) is 11.8 Å². The van der Waals surface area contributed by atoms with Gasteiger partial charge in [-0.05, 0) is 47.7 Å². The van der Waals surface area contributed by atoms with E-state index >= 15 is 0 Å². The lowest BCUT2D eigenvalue weighted by Crippen LogP contribution is -2.62. The summed E-state index contributed by atoms with van der Waals surface area (Å²) in [5.41, 5.74) is 1.95. The molecule has 7 nitrogen and oxygen atoms in total. The Labute approximate surface area is 200 Å². The Morgan fingerprint density at radius 2 is 1.21 bits per heavy atom. The first-order valence-electron chi connectivity index (χ1n) is 12.3. The van der Waals surface area contributed by atoms with Crippen molar-refractivity contribution in [2.45, 2.75) is 56.7 Å². The zero-order chi connectivity index (χ0) is 23.3. The highest BCUT2D eigenvalue weighted by molar-refractivity contribution is 5.97. The summed E-state index contributed by atoms with van der Waals surface area (Å²) in [4.78, 5) is 25.3. The third kappa shape index (κ3) is 6.50. The second kappa shape index (κ2) is 10.5. The summed E-state index contributed by atoms with van der Waals surface area (Å²) in [6.45, 7) is 2.21. The molecule has 2 N–H and O–H groups in total. The predicted molar refractivity (Wildman–Crippen MR) is 127 cm³/mol. The molecule has 2 aromatic rings. The summed E-state index contributed by atoms with van der Waals surface area (Å²) in [5.74, 6) is 2.17. The minimum atomic E-state index is -0.579. The SMILES string of the molecule is O=C1NC(Cc2ccc(OCCC3CO3)cc2)C(=O)NC1Cc1ccc(OCCC2CC2)cc1. The Bertz CT molecular complexity index is 902. The number of piperazine rings is 1. The summed E-state index contributed by atoms with van der Waals surface area (Å²) in [6, 6.07) is 14.3. The summed E-state index contributed by atoms with van der Waals surface area (Å²) in [7, 11) is 0. The fraction of sp³-hybridized carbons (Fsp3) is 0.481. The molecule has 2 saturated heterocycles. The number of rotatable bonds is 12. The molecule has 3 fully saturated rings. The average Bonchev–Trinajstić information content (AvgIpc) is 3.76. The fourth-order valence-electron chi connectivity index (χ4n) is 4.17. The van der Waals surface area contributed by atoms with Crippen LogP contribution < -0.4 is 20.1 Å². The van der Waals surface area contributed by atoms with Crippen LogP contribution in [0.15, 0.2) is 48.5 Å². The number of carbonyl (C=O) groups excluding carboxylic acids is 2. The Hall–Kier alpha value is -3.06. The smallest absolute Gasteiger partial charge is 0.243 e. The van der Waals surface area contributed by atoms with Gasteiger partial charge in [-0.25, -0.2) is 0 Å². The van der Waals surface area contributed by atoms with Gasteiger partial charge in [-0.3, -0.25) is 9.59 Å². The molecule has 2 aliphatic heterocycles. The van der Waals surface area contributed by atoms with Crippen molar-refractivity contribution >= 4 is 11.8 Å². The van der Waals surface area contributed by atoms with Crippen molar-refractivity contribution in [2.75, 3.05) is 19.8 Å². The van der Waals surface area contributed by atoms with Crippen LogP contribution in [0.3, 0.4) is 0 Å². The van der Waals surface area contributed by atoms with Gasteiger partial charge in [-0.15, -0.1) is 0 Å². The van der Waals surface area contributed by atoms with Gasteiger partial charge < -0.3 is 24.8 Å². The van der Waals surface area contributed by atoms with Crippen molar-refractivity contribution in [3.63, 3.8) is 0 Å². The topological polar surface area (TPSA) is 89.2 Å². The lowest BCUT2D eigenvalue weighted by molar-refractivity contribution is -0.136. The molecular formula is C27H32N2O5. The van der Waals surface area contributed by atoms with Crippen LogP contribution in [-0.4, -0.2) is 49.8 Å². The van der Waals surface area contributed by atoms with E-state index in [1.54, 1.807) is 0 Å². The molecule has 3 aliphatic rings. The Balaban J connectivity index is 1.07. The van der Waals surface area contributed by atoms with Crippen molar-refractivity contribution in [3.8, 4) is 11.5 Å². The van der Waals surface area contributed by atoms with E-state index in [0.29, 0.717) is 25.6 Å². The van der Waals surface area contributed by atoms with Crippen LogP contribution in [0.1, 0.15) is 36.8 Å². The molecule has 0 spiro atoms. The molecule has 2 heterocycles. The molecular weight excluding hydrogens is 432 g/mol. The van der Waals surface area contributed by atoms with Gasteiger partial charge in [0.25, 0.3) is 0 Å². The molecule has 3 unspecified atom stereocenters. The number of ether oxygens (including phenoxy) is 3. The fourth-order valence-corrected chi connectivity index (χ4v) is 4.17. The Kier molecular flexibility index (Phi) is 7.00. The minimum Gasteiger partial charge on any atom is -0.494 e. The molecule has 3 atom stereocenters. The second-order valence-electron chi connectivity index (χ2n) is 9.49. The number of hydrogen-bond donors (Lipinski definition) is 2. The molecule has 1 saturated carbocycles. The van der Waals surface area contributed by atoms with Gasteiger partial charge in [0.1, 0.15) is 23.6 Å². The van der Waals surface area contributed by atoms with Crippen molar-refractivity contribution in [1.82, 2.24) is 10.6 Å². The number of nitrogens with one attached hydrogen (secondary N) is 2. The Morgan fingerprint density at radius 3 is 1.65 bits per heavy atom. The van der Waals surface area contributed by atoms with E-state index in [1.807, 2.05) is 48.5 Å². The molecule has 2 aromatic carbocycles. The number of hydrogen-bond acceptors (Lipinski definition) is 5. The molecule has 34 heavy (non-hydrogen) atoms. The lowest BCUT2D eigenvalue weighted by atomic mass is 9.98. The van der Waals surface area contributed by atoms with Gasteiger partial charge >= 0.3 is 0 Å². The maximum atomic E-state index is 12.7. The average molecular weight is 465 g/mol. The zero-order valence-electron chi connectivity index (χ0n) is 19.3. The van der Waals surface area contributed by atoms with Crippen LogP contribution in [0.5, 0.6) is 11.5 Å². The van der Waals surface area contributed by atoms with Gasteiger partial charge in [0.15, 0.2) is 0 Å². The van der Waals surface area contributed by atoms with Gasteiger partial charge in [0, 0.05) is 19.3 Å². The molecule has 2 amide bonds. The minimum absolute atomic E-state index is 0.156. The highest BCUT2D eigenvalue weighted by Crippen LogP contribution is 2.32. The molecule has 180 valence electrons. The first-order chi connectivity index (χ1) is 16.6. The number of epoxide rings is 1. The second-order valence-corrected chi connectivity index (χ2v) is 9.49. The molecule has 1 aliphatic carbocycles. The van der Waals surface area contributed by atoms with E-state index in [1.165, 1.54) is 12.8 Å². The van der Waals surface area contributed by atoms with Gasteiger partial charge in [-0.2, -0.15) is 0 Å². The van der Waals surface area contributed by atoms with Crippen LogP contribution >= 0.6 is 0 Å². The van der Waals surface area contributed by atoms with Crippen LogP contribution in [0, 0.1) is 5.92 Å². The lowest BCUT2D eigenvalue weighted by Gasteiger charge is -2.29. The van der Waals surface area contributed by atoms with E-state index < -0.39 is 12.1 Å². The van der Waals surface area contributed by atoms with Crippen molar-refractivity contribution in [1.29, 1.82) is 0 Å². The summed E-state index contributed by atoms with van der Waals surface area (Å²) in [6.07, 6.45) is 5.91. The van der Waals surface area contributed by atoms with Gasteiger partial charge in [0.05, 0.1) is 25.9 Å². The number of amides is 2. The van der Waals surface area contributed by atoms with Crippen LogP contribution in [0.2, 0.25) is 0 Å². The van der Waals surface area contributed by atoms with Crippen LogP contribution in [-0.2, 0) is 27.2 Å². The third-order valence-electron chi connectivity index (χ3n) is 6.59. The van der Waals surface area contributed by atoms with E-state index in [9.17, 15) is 9.59 Å². The van der Waals surface area contributed by atoms with Gasteiger partial charge in [-0.1, -0.05) is 37.1 Å². The number of carbonyl (C=O) groups is 2. The molecule has 0 bridgehead atoms. The standard InChI is InChI=1S/C27H32N2O5/c30-26-24(15-19-3-7-21(8-4-19)32-13-11-18-1-2-18)28-27(31)25(29-26)16-20-5-9-22(10-6-20)33-14-12-23-17-34-23/h3-10,18,23-25H,1-2,11-17H2,(H,28,31)(H,29,30). The molecule has 5 rings (SSSR count). The monoisotopic (exact) mass is 464 g/mol. The van der Waals surface area contributed by atoms with Gasteiger partial charge in [0.2, 0.25) is 11.8 Å². The summed E-state index contributed by atoms with van der Waals surface area (Å²) >= 11 is 0. The third-order valence-corrected chi connectivity index (χ3v) is 6.59. The van der Waals surface area contributed by atoms with Crippen molar-refractivity contribution < 1.29 is 23.8 Å². The highest BCUT2D eigenvalue weighted by atomic mass is 16.6. The first kappa shape index (κ1) is 22.7. The quantitative estimate of drug-likeness (QED) is 0.472. The van der Waals surface area contributed by atoms with E-state index in [0.717, 1.165) is 54.6 Å².